The van der Waals surface area contributed by atoms with Gasteiger partial charge in [-0.25, -0.2) is 4.39 Å². The van der Waals surface area contributed by atoms with Gasteiger partial charge in [0.25, 0.3) is 0 Å². The van der Waals surface area contributed by atoms with Gasteiger partial charge in [-0.05, 0) is 26.2 Å². The summed E-state index contributed by atoms with van der Waals surface area (Å²) in [6.07, 6.45) is 0.494. The van der Waals surface area contributed by atoms with Crippen LogP contribution in [-0.4, -0.2) is 23.9 Å². The summed E-state index contributed by atoms with van der Waals surface area (Å²) in [4.78, 5) is 0. The van der Waals surface area contributed by atoms with E-state index in [0.717, 1.165) is 0 Å². The molecule has 4 nitrogen and oxygen atoms in total. The van der Waals surface area contributed by atoms with E-state index in [2.05, 4.69) is 19.2 Å². The van der Waals surface area contributed by atoms with Crippen LogP contribution in [0.1, 0.15) is 34.1 Å². The molecular weight excluding hydrogens is 259 g/mol. The molecule has 4 N–H and O–H groups in total. The van der Waals surface area contributed by atoms with Gasteiger partial charge in [-0.2, -0.15) is 0 Å². The van der Waals surface area contributed by atoms with Crippen molar-refractivity contribution in [2.75, 3.05) is 17.7 Å². The molecule has 0 amide bonds. The van der Waals surface area contributed by atoms with E-state index in [4.69, 9.17) is 15.6 Å². The van der Waals surface area contributed by atoms with Crippen molar-refractivity contribution >= 4 is 11.4 Å². The van der Waals surface area contributed by atoms with Gasteiger partial charge in [-0.3, -0.25) is 0 Å². The first-order valence-corrected chi connectivity index (χ1v) is 6.98. The van der Waals surface area contributed by atoms with Gasteiger partial charge in [0.15, 0.2) is 11.6 Å². The lowest BCUT2D eigenvalue weighted by molar-refractivity contribution is 0.231. The van der Waals surface area contributed by atoms with Crippen LogP contribution in [0.5, 0.6) is 5.75 Å². The maximum Gasteiger partial charge on any atom is 0.167 e. The molecule has 114 valence electrons. The van der Waals surface area contributed by atoms with Gasteiger partial charge in [0.2, 0.25) is 0 Å². The molecule has 0 fully saturated rings. The molecule has 0 aliphatic rings. The van der Waals surface area contributed by atoms with Gasteiger partial charge in [0, 0.05) is 24.8 Å². The third kappa shape index (κ3) is 4.56. The fourth-order valence-electron chi connectivity index (χ4n) is 1.95. The summed E-state index contributed by atoms with van der Waals surface area (Å²) in [7, 11) is 0. The molecule has 0 aromatic heterocycles. The first-order valence-electron chi connectivity index (χ1n) is 6.98. The third-order valence-electron chi connectivity index (χ3n) is 3.05. The van der Waals surface area contributed by atoms with E-state index in [9.17, 15) is 4.39 Å². The van der Waals surface area contributed by atoms with Crippen LogP contribution in [0.15, 0.2) is 12.1 Å². The Morgan fingerprint density at radius 3 is 2.45 bits per heavy atom. The van der Waals surface area contributed by atoms with Crippen LogP contribution >= 0.6 is 0 Å². The number of benzene rings is 1. The molecule has 0 aliphatic carbocycles. The van der Waals surface area contributed by atoms with E-state index in [1.165, 1.54) is 6.07 Å². The second kappa shape index (κ2) is 7.33. The Labute approximate surface area is 120 Å². The van der Waals surface area contributed by atoms with Gasteiger partial charge in [0.1, 0.15) is 0 Å². The van der Waals surface area contributed by atoms with Gasteiger partial charge in [-0.1, -0.05) is 13.8 Å². The molecule has 1 unspecified atom stereocenters. The van der Waals surface area contributed by atoms with Crippen LogP contribution in [0, 0.1) is 11.7 Å². The van der Waals surface area contributed by atoms with Crippen LogP contribution in [-0.2, 0) is 0 Å². The molecule has 1 aromatic rings. The number of nitrogen functional groups attached to an aromatic ring is 1. The second-order valence-electron chi connectivity index (χ2n) is 5.54. The van der Waals surface area contributed by atoms with Gasteiger partial charge in [-0.15, -0.1) is 0 Å². The monoisotopic (exact) mass is 284 g/mol. The molecule has 0 heterocycles. The van der Waals surface area contributed by atoms with Crippen molar-refractivity contribution in [1.29, 1.82) is 0 Å². The highest BCUT2D eigenvalue weighted by atomic mass is 19.1. The highest BCUT2D eigenvalue weighted by Crippen LogP contribution is 2.30. The largest absolute Gasteiger partial charge is 0.488 e. The Balaban J connectivity index is 2.98. The van der Waals surface area contributed by atoms with E-state index in [0.29, 0.717) is 23.7 Å². The molecule has 0 radical (unpaired) electrons. The van der Waals surface area contributed by atoms with Gasteiger partial charge < -0.3 is 20.9 Å². The smallest absolute Gasteiger partial charge is 0.167 e. The number of rotatable bonds is 7. The van der Waals surface area contributed by atoms with E-state index < -0.39 is 5.82 Å². The molecule has 1 atom stereocenters. The Kier molecular flexibility index (Phi) is 6.07. The SMILES string of the molecule is CC(C)Oc1cc(NC(CCO)C(C)C)c(N)cc1F. The van der Waals surface area contributed by atoms with E-state index in [1.807, 2.05) is 13.8 Å². The Morgan fingerprint density at radius 1 is 1.30 bits per heavy atom. The maximum absolute atomic E-state index is 13.8. The quantitative estimate of drug-likeness (QED) is 0.673. The summed E-state index contributed by atoms with van der Waals surface area (Å²) < 4.78 is 19.2. The molecule has 0 aliphatic heterocycles. The minimum Gasteiger partial charge on any atom is -0.488 e. The summed E-state index contributed by atoms with van der Waals surface area (Å²) in [6, 6.07) is 2.91. The molecule has 5 heteroatoms. The zero-order chi connectivity index (χ0) is 15.3. The number of aliphatic hydroxyl groups excluding tert-OH is 1. The van der Waals surface area contributed by atoms with Crippen molar-refractivity contribution in [3.63, 3.8) is 0 Å². The lowest BCUT2D eigenvalue weighted by atomic mass is 10.0. The van der Waals surface area contributed by atoms with Crippen molar-refractivity contribution in [3.8, 4) is 5.75 Å². The average Bonchev–Trinajstić information content (AvgIpc) is 2.33. The number of ether oxygens (including phenoxy) is 1. The molecule has 0 saturated heterocycles. The van der Waals surface area contributed by atoms with Gasteiger partial charge in [0.05, 0.1) is 17.5 Å². The zero-order valence-corrected chi connectivity index (χ0v) is 12.6. The Bertz CT molecular complexity index is 436. The topological polar surface area (TPSA) is 67.5 Å². The first-order chi connectivity index (χ1) is 9.35. The van der Waals surface area contributed by atoms with E-state index in [-0.39, 0.29) is 24.5 Å². The van der Waals surface area contributed by atoms with Crippen molar-refractivity contribution < 1.29 is 14.2 Å². The van der Waals surface area contributed by atoms with Crippen LogP contribution < -0.4 is 15.8 Å². The van der Waals surface area contributed by atoms with Crippen LogP contribution in [0.3, 0.4) is 0 Å². The minimum absolute atomic E-state index is 0.0691. The molecule has 20 heavy (non-hydrogen) atoms. The molecule has 0 saturated carbocycles. The predicted octanol–water partition coefficient (Wildman–Crippen LogP) is 3.01. The lowest BCUT2D eigenvalue weighted by Gasteiger charge is -2.24. The van der Waals surface area contributed by atoms with E-state index in [1.54, 1.807) is 6.07 Å². The summed E-state index contributed by atoms with van der Waals surface area (Å²) in [5, 5.41) is 12.4. The highest BCUT2D eigenvalue weighted by Gasteiger charge is 2.16. The predicted molar refractivity (Wildman–Crippen MR) is 80.5 cm³/mol. The highest BCUT2D eigenvalue weighted by molar-refractivity contribution is 5.69. The van der Waals surface area contributed by atoms with E-state index >= 15 is 0 Å². The number of aliphatic hydroxyl groups is 1. The summed E-state index contributed by atoms with van der Waals surface area (Å²) in [5.74, 6) is 0.0364. The average molecular weight is 284 g/mol. The van der Waals surface area contributed by atoms with Crippen LogP contribution in [0.2, 0.25) is 0 Å². The number of nitrogens with one attached hydrogen (secondary N) is 1. The van der Waals surface area contributed by atoms with Gasteiger partial charge >= 0.3 is 0 Å². The van der Waals surface area contributed by atoms with Crippen molar-refractivity contribution in [1.82, 2.24) is 0 Å². The summed E-state index contributed by atoms with van der Waals surface area (Å²) >= 11 is 0. The molecule has 0 spiro atoms. The zero-order valence-electron chi connectivity index (χ0n) is 12.6. The number of nitrogens with two attached hydrogens (primary N) is 1. The molecule has 1 aromatic carbocycles. The number of hydrogen-bond donors (Lipinski definition) is 3. The minimum atomic E-state index is -0.468. The van der Waals surface area contributed by atoms with Crippen molar-refractivity contribution in [3.05, 3.63) is 17.9 Å². The fraction of sp³-hybridized carbons (Fsp3) is 0.600. The number of anilines is 2. The normalized spacial score (nSPS) is 12.8. The first kappa shape index (κ1) is 16.6. The Morgan fingerprint density at radius 2 is 1.95 bits per heavy atom. The summed E-state index contributed by atoms with van der Waals surface area (Å²) in [6.45, 7) is 7.88. The van der Waals surface area contributed by atoms with Crippen molar-refractivity contribution in [2.24, 2.45) is 5.92 Å². The number of halogens is 1. The van der Waals surface area contributed by atoms with Crippen LogP contribution in [0.4, 0.5) is 15.8 Å². The second-order valence-corrected chi connectivity index (χ2v) is 5.54. The summed E-state index contributed by atoms with van der Waals surface area (Å²) in [5.41, 5.74) is 6.81. The maximum atomic E-state index is 13.8. The number of hydrogen-bond acceptors (Lipinski definition) is 4. The molecule has 0 bridgehead atoms. The molecule has 1 rings (SSSR count). The molecular formula is C15H25FN2O2. The third-order valence-corrected chi connectivity index (χ3v) is 3.05. The van der Waals surface area contributed by atoms with Crippen molar-refractivity contribution in [2.45, 2.75) is 46.3 Å². The van der Waals surface area contributed by atoms with Crippen LogP contribution in [0.25, 0.3) is 0 Å². The standard InChI is InChI=1S/C15H25FN2O2/c1-9(2)13(5-6-19)18-14-8-15(20-10(3)4)11(16)7-12(14)17/h7-10,13,18-19H,5-6,17H2,1-4H3. The Hall–Kier alpha value is -1.49. The fourth-order valence-corrected chi connectivity index (χ4v) is 1.95. The lowest BCUT2D eigenvalue weighted by Crippen LogP contribution is -2.27.